The number of rotatable bonds is 1. The van der Waals surface area contributed by atoms with E-state index in [0.717, 1.165) is 18.1 Å². The molecule has 1 aromatic rings. The second-order valence-electron chi connectivity index (χ2n) is 4.70. The molecule has 1 aliphatic carbocycles. The number of fused-ring (bicyclic) bond motifs is 1. The molecule has 0 amide bonds. The zero-order valence-electron chi connectivity index (χ0n) is 9.23. The molecule has 2 atom stereocenters. The zero-order valence-corrected chi connectivity index (χ0v) is 10.1. The Labute approximate surface area is 96.1 Å². The molecule has 0 aromatic heterocycles. The van der Waals surface area contributed by atoms with E-state index in [1.54, 1.807) is 0 Å². The molecule has 3 rings (SSSR count). The normalized spacial score (nSPS) is 32.2. The van der Waals surface area contributed by atoms with Gasteiger partial charge in [-0.05, 0) is 25.0 Å². The first-order valence-corrected chi connectivity index (χ1v) is 7.70. The van der Waals surface area contributed by atoms with Crippen molar-refractivity contribution in [1.82, 2.24) is 10.2 Å². The van der Waals surface area contributed by atoms with E-state index in [9.17, 15) is 4.57 Å². The summed E-state index contributed by atoms with van der Waals surface area (Å²) in [6.45, 7) is 0. The molecule has 1 aliphatic heterocycles. The number of nitrogens with one attached hydrogen (secondary N) is 2. The van der Waals surface area contributed by atoms with Gasteiger partial charge in [0.05, 0.1) is 0 Å². The summed E-state index contributed by atoms with van der Waals surface area (Å²) in [7, 11) is -2.53. The van der Waals surface area contributed by atoms with Gasteiger partial charge in [0.1, 0.15) is 0 Å². The summed E-state index contributed by atoms with van der Waals surface area (Å²) in [5, 5.41) is 7.57. The quantitative estimate of drug-likeness (QED) is 0.733. The molecule has 1 heterocycles. The lowest BCUT2D eigenvalue weighted by Crippen LogP contribution is -2.36. The van der Waals surface area contributed by atoms with Crippen molar-refractivity contribution in [3.8, 4) is 0 Å². The summed E-state index contributed by atoms with van der Waals surface area (Å²) in [6.07, 6.45) is 4.80. The van der Waals surface area contributed by atoms with Gasteiger partial charge in [-0.1, -0.05) is 31.0 Å². The zero-order chi connectivity index (χ0) is 11.0. The van der Waals surface area contributed by atoms with E-state index < -0.39 is 7.44 Å². The van der Waals surface area contributed by atoms with Crippen molar-refractivity contribution in [2.75, 3.05) is 0 Å². The highest BCUT2D eigenvalue weighted by Gasteiger charge is 2.42. The second-order valence-corrected chi connectivity index (χ2v) is 6.95. The van der Waals surface area contributed by atoms with Crippen molar-refractivity contribution in [1.29, 1.82) is 0 Å². The topological polar surface area (TPSA) is 41.1 Å². The minimum absolute atomic E-state index is 0.403. The Bertz CT molecular complexity index is 402. The number of hydrogen-bond acceptors (Lipinski definition) is 1. The van der Waals surface area contributed by atoms with Crippen LogP contribution in [-0.4, -0.2) is 12.1 Å². The van der Waals surface area contributed by atoms with Crippen molar-refractivity contribution in [3.05, 3.63) is 30.3 Å². The predicted molar refractivity (Wildman–Crippen MR) is 66.0 cm³/mol. The first-order chi connectivity index (χ1) is 7.78. The highest BCUT2D eigenvalue weighted by Crippen LogP contribution is 2.44. The molecule has 2 aliphatic rings. The Balaban J connectivity index is 1.88. The Kier molecular flexibility index (Phi) is 2.62. The Morgan fingerprint density at radius 1 is 1.00 bits per heavy atom. The molecule has 0 unspecified atom stereocenters. The molecular weight excluding hydrogens is 219 g/mol. The van der Waals surface area contributed by atoms with E-state index in [2.05, 4.69) is 10.2 Å². The van der Waals surface area contributed by atoms with Crippen LogP contribution in [0.25, 0.3) is 0 Å². The average Bonchev–Trinajstić information content (AvgIpc) is 2.68. The van der Waals surface area contributed by atoms with Gasteiger partial charge in [0.2, 0.25) is 7.44 Å². The van der Waals surface area contributed by atoms with Gasteiger partial charge in [0, 0.05) is 17.4 Å². The third-order valence-electron chi connectivity index (χ3n) is 3.58. The van der Waals surface area contributed by atoms with Crippen molar-refractivity contribution in [3.63, 3.8) is 0 Å². The third kappa shape index (κ3) is 1.73. The van der Waals surface area contributed by atoms with Crippen LogP contribution in [0.4, 0.5) is 0 Å². The summed E-state index contributed by atoms with van der Waals surface area (Å²) in [4.78, 5) is 0. The summed E-state index contributed by atoms with van der Waals surface area (Å²) in [5.41, 5.74) is 0. The molecule has 2 fully saturated rings. The fourth-order valence-electron chi connectivity index (χ4n) is 2.73. The molecule has 1 aromatic carbocycles. The van der Waals surface area contributed by atoms with Crippen LogP contribution < -0.4 is 15.5 Å². The molecule has 1 saturated carbocycles. The van der Waals surface area contributed by atoms with Crippen LogP contribution in [0.15, 0.2) is 30.3 Å². The maximum absolute atomic E-state index is 12.8. The molecule has 86 valence electrons. The van der Waals surface area contributed by atoms with Crippen LogP contribution in [-0.2, 0) is 4.57 Å². The molecule has 1 saturated heterocycles. The molecular formula is C12H17N2OP. The molecule has 4 heteroatoms. The Morgan fingerprint density at radius 2 is 1.56 bits per heavy atom. The van der Waals surface area contributed by atoms with Gasteiger partial charge in [-0.2, -0.15) is 0 Å². The highest BCUT2D eigenvalue weighted by atomic mass is 31.2. The van der Waals surface area contributed by atoms with Gasteiger partial charge in [0.25, 0.3) is 0 Å². The van der Waals surface area contributed by atoms with E-state index in [1.807, 2.05) is 30.3 Å². The smallest absolute Gasteiger partial charge is 0.241 e. The largest absolute Gasteiger partial charge is 0.284 e. The van der Waals surface area contributed by atoms with Crippen molar-refractivity contribution >= 4 is 12.7 Å². The second kappa shape index (κ2) is 3.99. The van der Waals surface area contributed by atoms with Crippen LogP contribution in [0.3, 0.4) is 0 Å². The van der Waals surface area contributed by atoms with Gasteiger partial charge in [0.15, 0.2) is 0 Å². The van der Waals surface area contributed by atoms with Gasteiger partial charge in [-0.3, -0.25) is 4.57 Å². The molecule has 0 radical (unpaired) electrons. The third-order valence-corrected chi connectivity index (χ3v) is 6.00. The lowest BCUT2D eigenvalue weighted by molar-refractivity contribution is 0.374. The molecule has 0 bridgehead atoms. The summed E-state index contributed by atoms with van der Waals surface area (Å²) < 4.78 is 12.8. The van der Waals surface area contributed by atoms with Crippen LogP contribution in [0.2, 0.25) is 0 Å². The predicted octanol–water partition coefficient (Wildman–Crippen LogP) is 2.01. The van der Waals surface area contributed by atoms with E-state index in [1.165, 1.54) is 12.8 Å². The minimum Gasteiger partial charge on any atom is -0.284 e. The SMILES string of the molecule is O=P1(c2ccccc2)N[C@@H]2CCCC[C@H]2N1. The van der Waals surface area contributed by atoms with Crippen molar-refractivity contribution < 1.29 is 4.57 Å². The van der Waals surface area contributed by atoms with Gasteiger partial charge in [-0.15, -0.1) is 0 Å². The minimum atomic E-state index is -2.53. The summed E-state index contributed by atoms with van der Waals surface area (Å²) >= 11 is 0. The Hall–Kier alpha value is -0.630. The first kappa shape index (κ1) is 10.5. The van der Waals surface area contributed by atoms with Gasteiger partial charge in [-0.25, -0.2) is 10.2 Å². The fourth-order valence-corrected chi connectivity index (χ4v) is 5.25. The van der Waals surface area contributed by atoms with Gasteiger partial charge < -0.3 is 0 Å². The van der Waals surface area contributed by atoms with E-state index >= 15 is 0 Å². The summed E-state index contributed by atoms with van der Waals surface area (Å²) in [6, 6.07) is 10.5. The standard InChI is InChI=1S/C12H17N2OP/c15-16(10-6-2-1-3-7-10)13-11-8-4-5-9-12(11)14-16/h1-3,6-7,11-12H,4-5,8-9H2,(H2,13,14,15)/t11-,12-/m1/s1. The lowest BCUT2D eigenvalue weighted by atomic mass is 9.92. The van der Waals surface area contributed by atoms with Crippen LogP contribution >= 0.6 is 7.44 Å². The Morgan fingerprint density at radius 3 is 2.12 bits per heavy atom. The van der Waals surface area contributed by atoms with Gasteiger partial charge >= 0.3 is 0 Å². The fraction of sp³-hybridized carbons (Fsp3) is 0.500. The molecule has 2 N–H and O–H groups in total. The average molecular weight is 236 g/mol. The highest BCUT2D eigenvalue weighted by molar-refractivity contribution is 7.68. The van der Waals surface area contributed by atoms with E-state index in [4.69, 9.17) is 0 Å². The van der Waals surface area contributed by atoms with Crippen molar-refractivity contribution in [2.45, 2.75) is 37.8 Å². The molecule has 0 spiro atoms. The lowest BCUT2D eigenvalue weighted by Gasteiger charge is -2.22. The van der Waals surface area contributed by atoms with Crippen LogP contribution in [0.5, 0.6) is 0 Å². The van der Waals surface area contributed by atoms with E-state index in [0.29, 0.717) is 12.1 Å². The maximum atomic E-state index is 12.8. The molecule has 3 nitrogen and oxygen atoms in total. The van der Waals surface area contributed by atoms with Crippen LogP contribution in [0.1, 0.15) is 25.7 Å². The summed E-state index contributed by atoms with van der Waals surface area (Å²) in [5.74, 6) is 0. The number of benzene rings is 1. The molecule has 16 heavy (non-hydrogen) atoms. The van der Waals surface area contributed by atoms with E-state index in [-0.39, 0.29) is 0 Å². The maximum Gasteiger partial charge on any atom is 0.241 e. The monoisotopic (exact) mass is 236 g/mol. The van der Waals surface area contributed by atoms with Crippen molar-refractivity contribution in [2.24, 2.45) is 0 Å². The first-order valence-electron chi connectivity index (χ1n) is 5.99. The van der Waals surface area contributed by atoms with Crippen LogP contribution in [0, 0.1) is 0 Å². The number of hydrogen-bond donors (Lipinski definition) is 2.